The van der Waals surface area contributed by atoms with Gasteiger partial charge >= 0.3 is 5.69 Å². The summed E-state index contributed by atoms with van der Waals surface area (Å²) in [7, 11) is 0. The second-order valence-corrected chi connectivity index (χ2v) is 9.22. The molecule has 1 aliphatic heterocycles. The van der Waals surface area contributed by atoms with Crippen molar-refractivity contribution in [2.24, 2.45) is 11.8 Å². The molecule has 2 aromatic rings. The maximum Gasteiger partial charge on any atom is 0.330 e. The van der Waals surface area contributed by atoms with Crippen LogP contribution in [0.3, 0.4) is 0 Å². The normalized spacial score (nSPS) is 19.6. The molecule has 0 spiro atoms. The molecule has 1 saturated heterocycles. The number of fused-ring (bicyclic) bond motifs is 1. The Morgan fingerprint density at radius 2 is 1.69 bits per heavy atom. The average Bonchev–Trinajstić information content (AvgIpc) is 3.09. The van der Waals surface area contributed by atoms with E-state index in [1.807, 2.05) is 37.3 Å². The van der Waals surface area contributed by atoms with E-state index in [9.17, 15) is 24.0 Å². The fourth-order valence-electron chi connectivity index (χ4n) is 5.05. The van der Waals surface area contributed by atoms with E-state index in [0.29, 0.717) is 19.3 Å². The lowest BCUT2D eigenvalue weighted by atomic mass is 9.81. The van der Waals surface area contributed by atoms with Crippen LogP contribution in [0.15, 0.2) is 39.9 Å². The predicted molar refractivity (Wildman–Crippen MR) is 131 cm³/mol. The van der Waals surface area contributed by atoms with Crippen LogP contribution in [-0.4, -0.2) is 45.3 Å². The number of nitrogens with zero attached hydrogens (tertiary/aromatic N) is 3. The SMILES string of the molecule is CCCCN(C(=O)CN1C(=O)[C@@H]2CCCC[C@H]2C1=O)c1c(N)n(Cc2ccccc2)c(=O)[nH]c1=O. The molecule has 0 bridgehead atoms. The number of likely N-dealkylation sites (tertiary alicyclic amines) is 1. The van der Waals surface area contributed by atoms with Gasteiger partial charge in [0.05, 0.1) is 18.4 Å². The molecule has 2 heterocycles. The van der Waals surface area contributed by atoms with E-state index >= 15 is 0 Å². The molecule has 1 saturated carbocycles. The van der Waals surface area contributed by atoms with Gasteiger partial charge in [-0.15, -0.1) is 0 Å². The summed E-state index contributed by atoms with van der Waals surface area (Å²) in [4.78, 5) is 69.1. The van der Waals surface area contributed by atoms with Gasteiger partial charge in [-0.3, -0.25) is 33.6 Å². The van der Waals surface area contributed by atoms with E-state index in [-0.39, 0.29) is 48.2 Å². The Morgan fingerprint density at radius 3 is 2.29 bits per heavy atom. The molecule has 2 atom stereocenters. The lowest BCUT2D eigenvalue weighted by Crippen LogP contribution is -2.47. The number of aromatic amines is 1. The van der Waals surface area contributed by atoms with Gasteiger partial charge in [0, 0.05) is 6.54 Å². The van der Waals surface area contributed by atoms with Crippen molar-refractivity contribution >= 4 is 29.2 Å². The number of carbonyl (C=O) groups is 3. The summed E-state index contributed by atoms with van der Waals surface area (Å²) in [6.07, 6.45) is 4.37. The quantitative estimate of drug-likeness (QED) is 0.548. The van der Waals surface area contributed by atoms with Crippen molar-refractivity contribution in [1.29, 1.82) is 0 Å². The largest absolute Gasteiger partial charge is 0.383 e. The Bertz CT molecular complexity index is 1210. The van der Waals surface area contributed by atoms with Crippen molar-refractivity contribution in [3.05, 3.63) is 56.7 Å². The Morgan fingerprint density at radius 1 is 1.06 bits per heavy atom. The number of nitrogens with one attached hydrogen (secondary N) is 1. The lowest BCUT2D eigenvalue weighted by Gasteiger charge is -2.26. The minimum absolute atomic E-state index is 0.109. The predicted octanol–water partition coefficient (Wildman–Crippen LogP) is 1.48. The van der Waals surface area contributed by atoms with E-state index in [2.05, 4.69) is 4.98 Å². The average molecular weight is 482 g/mol. The molecule has 0 unspecified atom stereocenters. The van der Waals surface area contributed by atoms with E-state index in [1.165, 1.54) is 9.47 Å². The first-order valence-electron chi connectivity index (χ1n) is 12.2. The molecule has 0 radical (unpaired) electrons. The van der Waals surface area contributed by atoms with Crippen molar-refractivity contribution < 1.29 is 14.4 Å². The summed E-state index contributed by atoms with van der Waals surface area (Å²) >= 11 is 0. The van der Waals surface area contributed by atoms with Crippen molar-refractivity contribution in [3.63, 3.8) is 0 Å². The van der Waals surface area contributed by atoms with Crippen LogP contribution in [0.25, 0.3) is 0 Å². The Labute approximate surface area is 202 Å². The van der Waals surface area contributed by atoms with Crippen LogP contribution in [-0.2, 0) is 20.9 Å². The van der Waals surface area contributed by atoms with Crippen LogP contribution in [0, 0.1) is 11.8 Å². The van der Waals surface area contributed by atoms with Crippen molar-refractivity contribution in [2.45, 2.75) is 52.0 Å². The fraction of sp³-hybridized carbons (Fsp3) is 0.480. The van der Waals surface area contributed by atoms with Crippen LogP contribution in [0.2, 0.25) is 0 Å². The Balaban J connectivity index is 1.66. The molecule has 1 aromatic heterocycles. The van der Waals surface area contributed by atoms with Crippen molar-refractivity contribution in [1.82, 2.24) is 14.5 Å². The highest BCUT2D eigenvalue weighted by Crippen LogP contribution is 2.38. The minimum Gasteiger partial charge on any atom is -0.383 e. The molecular weight excluding hydrogens is 450 g/mol. The molecule has 1 aliphatic carbocycles. The number of hydrogen-bond donors (Lipinski definition) is 2. The standard InChI is InChI=1S/C25H31N5O5/c1-2-3-13-28(19(31)15-30-23(33)17-11-7-8-12-18(17)24(30)34)20-21(26)29(25(35)27-22(20)32)14-16-9-5-4-6-10-16/h4-6,9-10,17-18H,2-3,7-8,11-15,26H2,1H3,(H,27,32,35)/t17-,18-/m1/s1. The zero-order chi connectivity index (χ0) is 25.1. The molecular formula is C25H31N5O5. The molecule has 4 rings (SSSR count). The number of H-pyrrole nitrogens is 1. The highest BCUT2D eigenvalue weighted by molar-refractivity contribution is 6.09. The van der Waals surface area contributed by atoms with E-state index < -0.39 is 23.7 Å². The first-order valence-corrected chi connectivity index (χ1v) is 12.2. The zero-order valence-electron chi connectivity index (χ0n) is 19.9. The van der Waals surface area contributed by atoms with Gasteiger partial charge in [0.15, 0.2) is 5.69 Å². The first-order chi connectivity index (χ1) is 16.8. The van der Waals surface area contributed by atoms with E-state index in [1.54, 1.807) is 0 Å². The monoisotopic (exact) mass is 481 g/mol. The van der Waals surface area contributed by atoms with Gasteiger partial charge in [0.25, 0.3) is 5.56 Å². The number of nitrogens with two attached hydrogens (primary N) is 1. The minimum atomic E-state index is -0.783. The number of imide groups is 1. The Hall–Kier alpha value is -3.69. The molecule has 35 heavy (non-hydrogen) atoms. The van der Waals surface area contributed by atoms with Gasteiger partial charge in [-0.1, -0.05) is 56.5 Å². The number of amides is 3. The van der Waals surface area contributed by atoms with Crippen LogP contribution in [0.1, 0.15) is 51.0 Å². The van der Waals surface area contributed by atoms with Crippen molar-refractivity contribution in [3.8, 4) is 0 Å². The smallest absolute Gasteiger partial charge is 0.330 e. The molecule has 1 aromatic carbocycles. The zero-order valence-corrected chi connectivity index (χ0v) is 19.9. The number of unbranched alkanes of at least 4 members (excludes halogenated alkanes) is 1. The summed E-state index contributed by atoms with van der Waals surface area (Å²) in [5.41, 5.74) is 5.49. The molecule has 3 amide bonds. The third-order valence-electron chi connectivity index (χ3n) is 6.93. The van der Waals surface area contributed by atoms with Gasteiger partial charge in [0.2, 0.25) is 17.7 Å². The van der Waals surface area contributed by atoms with Crippen molar-refractivity contribution in [2.75, 3.05) is 23.7 Å². The number of carbonyl (C=O) groups excluding carboxylic acids is 3. The maximum atomic E-state index is 13.4. The van der Waals surface area contributed by atoms with Gasteiger partial charge < -0.3 is 10.6 Å². The van der Waals surface area contributed by atoms with Gasteiger partial charge in [-0.25, -0.2) is 4.79 Å². The molecule has 3 N–H and O–H groups in total. The molecule has 2 fully saturated rings. The number of nitrogen functional groups attached to an aromatic ring is 1. The lowest BCUT2D eigenvalue weighted by molar-refractivity contribution is -0.143. The van der Waals surface area contributed by atoms with E-state index in [4.69, 9.17) is 5.73 Å². The summed E-state index contributed by atoms with van der Waals surface area (Å²) in [5.74, 6) is -2.09. The number of hydrogen-bond acceptors (Lipinski definition) is 6. The molecule has 10 heteroatoms. The van der Waals surface area contributed by atoms with Gasteiger partial charge in [-0.05, 0) is 24.8 Å². The fourth-order valence-corrected chi connectivity index (χ4v) is 5.05. The van der Waals surface area contributed by atoms with E-state index in [0.717, 1.165) is 29.7 Å². The second-order valence-electron chi connectivity index (χ2n) is 9.22. The van der Waals surface area contributed by atoms with Crippen LogP contribution in [0.4, 0.5) is 11.5 Å². The molecule has 2 aliphatic rings. The van der Waals surface area contributed by atoms with Gasteiger partial charge in [0.1, 0.15) is 12.4 Å². The van der Waals surface area contributed by atoms with Gasteiger partial charge in [-0.2, -0.15) is 0 Å². The summed E-state index contributed by atoms with van der Waals surface area (Å²) < 4.78 is 1.21. The van der Waals surface area contributed by atoms with Crippen LogP contribution in [0.5, 0.6) is 0 Å². The second kappa shape index (κ2) is 10.3. The number of anilines is 2. The summed E-state index contributed by atoms with van der Waals surface area (Å²) in [5, 5.41) is 0. The first kappa shape index (κ1) is 24.4. The third-order valence-corrected chi connectivity index (χ3v) is 6.93. The topological polar surface area (TPSA) is 139 Å². The number of rotatable bonds is 8. The maximum absolute atomic E-state index is 13.4. The molecule has 186 valence electrons. The summed E-state index contributed by atoms with van der Waals surface area (Å²) in [6, 6.07) is 9.13. The highest BCUT2D eigenvalue weighted by atomic mass is 16.2. The van der Waals surface area contributed by atoms with Crippen LogP contribution >= 0.6 is 0 Å². The van der Waals surface area contributed by atoms with Crippen LogP contribution < -0.4 is 21.9 Å². The number of benzene rings is 1. The third kappa shape index (κ3) is 4.78. The number of aromatic nitrogens is 2. The highest BCUT2D eigenvalue weighted by Gasteiger charge is 2.49. The summed E-state index contributed by atoms with van der Waals surface area (Å²) in [6.45, 7) is 1.75. The molecule has 10 nitrogen and oxygen atoms in total. The Kier molecular flexibility index (Phi) is 7.18.